The minimum Gasteiger partial charge on any atom is -0.497 e. The van der Waals surface area contributed by atoms with Crippen molar-refractivity contribution in [1.29, 1.82) is 0 Å². The first-order chi connectivity index (χ1) is 14.5. The van der Waals surface area contributed by atoms with E-state index in [1.165, 1.54) is 41.4 Å². The van der Waals surface area contributed by atoms with E-state index in [0.29, 0.717) is 23.0 Å². The van der Waals surface area contributed by atoms with E-state index in [1.807, 2.05) is 6.92 Å². The first-order valence-corrected chi connectivity index (χ1v) is 10.2. The van der Waals surface area contributed by atoms with Gasteiger partial charge in [0.15, 0.2) is 0 Å². The highest BCUT2D eigenvalue weighted by atomic mass is 16.5. The third-order valence-electron chi connectivity index (χ3n) is 5.36. The van der Waals surface area contributed by atoms with Crippen LogP contribution in [0.25, 0.3) is 10.9 Å². The van der Waals surface area contributed by atoms with Gasteiger partial charge < -0.3 is 19.6 Å². The number of pyridine rings is 1. The van der Waals surface area contributed by atoms with Gasteiger partial charge in [0.05, 0.1) is 12.7 Å². The number of ether oxygens (including phenoxy) is 1. The number of aromatic nitrogens is 2. The molecule has 0 unspecified atom stereocenters. The van der Waals surface area contributed by atoms with Crippen LogP contribution in [0.5, 0.6) is 5.75 Å². The number of amides is 1. The number of hydrogen-bond donors (Lipinski definition) is 2. The van der Waals surface area contributed by atoms with Gasteiger partial charge in [-0.2, -0.15) is 0 Å². The highest BCUT2D eigenvalue weighted by molar-refractivity contribution is 6.06. The summed E-state index contributed by atoms with van der Waals surface area (Å²) in [5.74, 6) is 0.785. The highest BCUT2D eigenvalue weighted by Crippen LogP contribution is 2.24. The molecule has 0 saturated heterocycles. The zero-order valence-corrected chi connectivity index (χ0v) is 17.9. The Labute approximate surface area is 178 Å². The Balaban J connectivity index is 0.000000229. The molecular weight excluding hydrogens is 378 g/mol. The molecule has 6 heteroatoms. The summed E-state index contributed by atoms with van der Waals surface area (Å²) in [5, 5.41) is 3.23. The Morgan fingerprint density at radius 3 is 2.70 bits per heavy atom. The van der Waals surface area contributed by atoms with Crippen molar-refractivity contribution >= 4 is 16.8 Å². The first-order valence-electron chi connectivity index (χ1n) is 10.2. The van der Waals surface area contributed by atoms with Gasteiger partial charge in [-0.25, -0.2) is 0 Å². The number of aryl methyl sites for hydroxylation is 3. The van der Waals surface area contributed by atoms with Crippen molar-refractivity contribution in [3.63, 3.8) is 0 Å². The fourth-order valence-corrected chi connectivity index (χ4v) is 3.83. The van der Waals surface area contributed by atoms with Crippen LogP contribution in [0.15, 0.2) is 47.9 Å². The molecule has 1 aliphatic rings. The maximum absolute atomic E-state index is 12.1. The average molecular weight is 410 g/mol. The number of carbonyl (C=O) groups is 1. The Bertz CT molecular complexity index is 1130. The number of nitrogens with one attached hydrogen (secondary N) is 2. The van der Waals surface area contributed by atoms with E-state index in [9.17, 15) is 9.59 Å². The second-order valence-electron chi connectivity index (χ2n) is 7.45. The minimum atomic E-state index is -0.211. The number of H-pyrrole nitrogens is 1. The highest BCUT2D eigenvalue weighted by Gasteiger charge is 2.15. The topological polar surface area (TPSA) is 76.1 Å². The fourth-order valence-electron chi connectivity index (χ4n) is 3.83. The molecule has 160 valence electrons. The first kappa shape index (κ1) is 21.4. The van der Waals surface area contributed by atoms with Crippen LogP contribution in [-0.2, 0) is 19.4 Å². The molecule has 2 aromatic heterocycles. The van der Waals surface area contributed by atoms with Gasteiger partial charge in [0.25, 0.3) is 11.5 Å². The van der Waals surface area contributed by atoms with Crippen LogP contribution >= 0.6 is 0 Å². The summed E-state index contributed by atoms with van der Waals surface area (Å²) in [6.07, 6.45) is 8.35. The SMILES string of the molecule is C=CCn1cc(C(=O)NC)c2cc(C)[nH]c2c1=O.COc1ccc2c(c1)CCCC2.[HH]. The molecule has 0 saturated carbocycles. The van der Waals surface area contributed by atoms with Gasteiger partial charge in [-0.05, 0) is 61.9 Å². The molecule has 2 heterocycles. The van der Waals surface area contributed by atoms with Crippen molar-refractivity contribution < 1.29 is 11.0 Å². The second kappa shape index (κ2) is 9.48. The molecule has 0 fully saturated rings. The fraction of sp³-hybridized carbons (Fsp3) is 0.333. The van der Waals surface area contributed by atoms with E-state index in [4.69, 9.17) is 4.74 Å². The largest absolute Gasteiger partial charge is 0.497 e. The lowest BCUT2D eigenvalue weighted by Crippen LogP contribution is -2.25. The molecule has 0 radical (unpaired) electrons. The van der Waals surface area contributed by atoms with Crippen LogP contribution in [0.2, 0.25) is 0 Å². The molecule has 0 bridgehead atoms. The monoisotopic (exact) mass is 409 g/mol. The number of hydrogen-bond acceptors (Lipinski definition) is 3. The van der Waals surface area contributed by atoms with Gasteiger partial charge >= 0.3 is 0 Å². The lowest BCUT2D eigenvalue weighted by molar-refractivity contribution is 0.0964. The van der Waals surface area contributed by atoms with Gasteiger partial charge in [0.2, 0.25) is 0 Å². The summed E-state index contributed by atoms with van der Waals surface area (Å²) in [7, 11) is 3.29. The predicted molar refractivity (Wildman–Crippen MR) is 123 cm³/mol. The maximum atomic E-state index is 12.1. The van der Waals surface area contributed by atoms with Crippen LogP contribution in [0.1, 0.15) is 41.4 Å². The molecule has 1 aliphatic carbocycles. The standard InChI is InChI=1S/C13H15N3O2.C11H14O.H2/c1-4-5-16-7-10(12(17)14-3)9-6-8(2)15-11(9)13(16)18;1-12-11-7-6-9-4-2-3-5-10(9)8-11;/h4,6-7,15H,1,5H2,2-3H3,(H,14,17);6-8H,2-5H2,1H3;1H. The molecule has 0 aliphatic heterocycles. The third kappa shape index (κ3) is 4.48. The molecular formula is C24H31N3O3. The molecule has 3 aromatic rings. The van der Waals surface area contributed by atoms with Gasteiger partial charge in [-0.1, -0.05) is 12.1 Å². The summed E-state index contributed by atoms with van der Waals surface area (Å²) in [5.41, 5.74) is 4.64. The maximum Gasteiger partial charge on any atom is 0.275 e. The van der Waals surface area contributed by atoms with Crippen LogP contribution < -0.4 is 15.6 Å². The van der Waals surface area contributed by atoms with Crippen molar-refractivity contribution in [3.05, 3.63) is 75.9 Å². The molecule has 0 atom stereocenters. The van der Waals surface area contributed by atoms with E-state index >= 15 is 0 Å². The summed E-state index contributed by atoms with van der Waals surface area (Å²) < 4.78 is 6.65. The summed E-state index contributed by atoms with van der Waals surface area (Å²) in [4.78, 5) is 27.0. The average Bonchev–Trinajstić information content (AvgIpc) is 3.17. The molecule has 6 nitrogen and oxygen atoms in total. The van der Waals surface area contributed by atoms with E-state index in [2.05, 4.69) is 35.1 Å². The van der Waals surface area contributed by atoms with Crippen molar-refractivity contribution in [2.75, 3.05) is 14.2 Å². The number of rotatable bonds is 4. The minimum absolute atomic E-state index is 0. The van der Waals surface area contributed by atoms with E-state index in [0.717, 1.165) is 11.4 Å². The Kier molecular flexibility index (Phi) is 6.77. The van der Waals surface area contributed by atoms with Crippen LogP contribution in [-0.4, -0.2) is 29.6 Å². The number of benzene rings is 1. The summed E-state index contributed by atoms with van der Waals surface area (Å²) in [6.45, 7) is 5.83. The second-order valence-corrected chi connectivity index (χ2v) is 7.45. The predicted octanol–water partition coefficient (Wildman–Crippen LogP) is 4.00. The van der Waals surface area contributed by atoms with Gasteiger partial charge in [0.1, 0.15) is 11.3 Å². The molecule has 30 heavy (non-hydrogen) atoms. The lowest BCUT2D eigenvalue weighted by atomic mass is 9.92. The molecule has 1 aromatic carbocycles. The number of allylic oxidation sites excluding steroid dienone is 1. The Morgan fingerprint density at radius 1 is 1.30 bits per heavy atom. The number of aromatic amines is 1. The van der Waals surface area contributed by atoms with E-state index in [1.54, 1.807) is 32.5 Å². The van der Waals surface area contributed by atoms with E-state index in [-0.39, 0.29) is 12.9 Å². The van der Waals surface area contributed by atoms with Crippen molar-refractivity contribution in [3.8, 4) is 5.75 Å². The van der Waals surface area contributed by atoms with E-state index < -0.39 is 0 Å². The molecule has 2 N–H and O–H groups in total. The van der Waals surface area contributed by atoms with Crippen LogP contribution in [0, 0.1) is 6.92 Å². The Morgan fingerprint density at radius 2 is 2.03 bits per heavy atom. The molecule has 1 amide bonds. The normalized spacial score (nSPS) is 12.5. The van der Waals surface area contributed by atoms with Crippen molar-refractivity contribution in [2.45, 2.75) is 39.2 Å². The quantitative estimate of drug-likeness (QED) is 0.640. The Hall–Kier alpha value is -3.28. The van der Waals surface area contributed by atoms with Crippen molar-refractivity contribution in [1.82, 2.24) is 14.9 Å². The number of fused-ring (bicyclic) bond motifs is 2. The van der Waals surface area contributed by atoms with Crippen LogP contribution in [0.3, 0.4) is 0 Å². The zero-order chi connectivity index (χ0) is 21.7. The molecule has 4 rings (SSSR count). The lowest BCUT2D eigenvalue weighted by Gasteiger charge is -2.15. The van der Waals surface area contributed by atoms with Crippen molar-refractivity contribution in [2.24, 2.45) is 0 Å². The third-order valence-corrected chi connectivity index (χ3v) is 5.36. The number of methoxy groups -OCH3 is 1. The molecule has 0 spiro atoms. The summed E-state index contributed by atoms with van der Waals surface area (Å²) in [6, 6.07) is 8.24. The van der Waals surface area contributed by atoms with Crippen LogP contribution in [0.4, 0.5) is 0 Å². The summed E-state index contributed by atoms with van der Waals surface area (Å²) >= 11 is 0. The van der Waals surface area contributed by atoms with Gasteiger partial charge in [0, 0.05) is 32.3 Å². The number of nitrogens with zero attached hydrogens (tertiary/aromatic N) is 1. The van der Waals surface area contributed by atoms with Gasteiger partial charge in [-0.3, -0.25) is 9.59 Å². The smallest absolute Gasteiger partial charge is 0.275 e. The number of carbonyl (C=O) groups excluding carboxylic acids is 1. The van der Waals surface area contributed by atoms with Gasteiger partial charge in [-0.15, -0.1) is 6.58 Å². The zero-order valence-electron chi connectivity index (χ0n) is 17.9.